The third-order valence-electron chi connectivity index (χ3n) is 3.70. The van der Waals surface area contributed by atoms with Crippen molar-refractivity contribution in [1.82, 2.24) is 0 Å². The molecule has 2 heteroatoms. The van der Waals surface area contributed by atoms with Crippen LogP contribution in [-0.4, -0.2) is 20.0 Å². The summed E-state index contributed by atoms with van der Waals surface area (Å²) in [6.07, 6.45) is 6.31. The van der Waals surface area contributed by atoms with Gasteiger partial charge in [-0.1, -0.05) is 42.5 Å². The fraction of sp³-hybridized carbons (Fsp3) is 0.286. The van der Waals surface area contributed by atoms with Crippen LogP contribution in [0.15, 0.2) is 54.1 Å². The summed E-state index contributed by atoms with van der Waals surface area (Å²) in [5, 5.41) is 0. The summed E-state index contributed by atoms with van der Waals surface area (Å²) in [5.41, 5.74) is 2.30. The summed E-state index contributed by atoms with van der Waals surface area (Å²) < 4.78 is 11.1. The van der Waals surface area contributed by atoms with Gasteiger partial charge in [-0.15, -0.1) is 0 Å². The minimum atomic E-state index is -0.627. The molecule has 0 aromatic heterocycles. The third-order valence-corrected chi connectivity index (χ3v) is 3.70. The molecule has 2 nitrogen and oxygen atoms in total. The lowest BCUT2D eigenvalue weighted by atomic mass is 9.53. The molecule has 0 spiro atoms. The molecule has 82 valence electrons. The van der Waals surface area contributed by atoms with E-state index in [-0.39, 0.29) is 5.41 Å². The molecule has 0 aliphatic heterocycles. The molecule has 0 saturated heterocycles. The van der Waals surface area contributed by atoms with Gasteiger partial charge in [-0.05, 0) is 17.2 Å². The summed E-state index contributed by atoms with van der Waals surface area (Å²) in [5.74, 6) is -0.627. The van der Waals surface area contributed by atoms with Crippen LogP contribution in [0.4, 0.5) is 0 Å². The lowest BCUT2D eigenvalue weighted by Crippen LogP contribution is -2.62. The number of allylic oxidation sites excluding steroid dienone is 1. The van der Waals surface area contributed by atoms with Crippen molar-refractivity contribution in [2.24, 2.45) is 0 Å². The number of hydrogen-bond donors (Lipinski definition) is 0. The van der Waals surface area contributed by atoms with E-state index in [0.717, 1.165) is 0 Å². The summed E-state index contributed by atoms with van der Waals surface area (Å²) in [4.78, 5) is 0. The Balaban J connectivity index is 2.13. The highest BCUT2D eigenvalue weighted by atomic mass is 16.7. The van der Waals surface area contributed by atoms with Gasteiger partial charge in [0.1, 0.15) is 0 Å². The summed E-state index contributed by atoms with van der Waals surface area (Å²) in [7, 11) is 3.38. The number of methoxy groups -OCH3 is 2. The average Bonchev–Trinajstić information content (AvgIpc) is 2.34. The second-order valence-corrected chi connectivity index (χ2v) is 4.18. The van der Waals surface area contributed by atoms with Crippen LogP contribution in [0, 0.1) is 0 Å². The standard InChI is InChI=1S/C14H14O2/c1-15-14(16-2)10-12-8-9-13(12,14)11-6-4-3-5-7-11/h3-10H,1-2H3. The molecule has 0 heterocycles. The second kappa shape index (κ2) is 3.06. The molecule has 0 radical (unpaired) electrons. The number of benzene rings is 1. The molecule has 0 bridgehead atoms. The van der Waals surface area contributed by atoms with Gasteiger partial charge in [0.05, 0.1) is 5.41 Å². The van der Waals surface area contributed by atoms with Gasteiger partial charge in [0.2, 0.25) is 5.79 Å². The highest BCUT2D eigenvalue weighted by Crippen LogP contribution is 2.59. The van der Waals surface area contributed by atoms with E-state index in [1.54, 1.807) is 14.2 Å². The van der Waals surface area contributed by atoms with Gasteiger partial charge in [0, 0.05) is 14.2 Å². The maximum atomic E-state index is 5.56. The van der Waals surface area contributed by atoms with Gasteiger partial charge in [-0.2, -0.15) is 0 Å². The highest BCUT2D eigenvalue weighted by molar-refractivity contribution is 5.66. The Bertz CT molecular complexity index is 469. The van der Waals surface area contributed by atoms with Crippen molar-refractivity contribution in [2.75, 3.05) is 14.2 Å². The van der Waals surface area contributed by atoms with Gasteiger partial charge in [0.15, 0.2) is 0 Å². The van der Waals surface area contributed by atoms with E-state index < -0.39 is 5.79 Å². The van der Waals surface area contributed by atoms with Crippen molar-refractivity contribution in [3.63, 3.8) is 0 Å². The van der Waals surface area contributed by atoms with Gasteiger partial charge in [-0.3, -0.25) is 0 Å². The maximum absolute atomic E-state index is 5.56. The van der Waals surface area contributed by atoms with Crippen molar-refractivity contribution in [1.29, 1.82) is 0 Å². The Morgan fingerprint density at radius 1 is 1.00 bits per heavy atom. The Hall–Kier alpha value is -1.38. The summed E-state index contributed by atoms with van der Waals surface area (Å²) in [6, 6.07) is 10.3. The molecule has 1 aromatic rings. The van der Waals surface area contributed by atoms with Crippen LogP contribution in [0.2, 0.25) is 0 Å². The van der Waals surface area contributed by atoms with Gasteiger partial charge >= 0.3 is 0 Å². The Morgan fingerprint density at radius 2 is 1.69 bits per heavy atom. The molecule has 3 rings (SSSR count). The van der Waals surface area contributed by atoms with Crippen LogP contribution in [0.1, 0.15) is 5.56 Å². The highest BCUT2D eigenvalue weighted by Gasteiger charge is 2.63. The fourth-order valence-corrected chi connectivity index (χ4v) is 2.75. The fourth-order valence-electron chi connectivity index (χ4n) is 2.75. The van der Waals surface area contributed by atoms with E-state index in [2.05, 4.69) is 24.3 Å². The number of rotatable bonds is 3. The quantitative estimate of drug-likeness (QED) is 0.719. The lowest BCUT2D eigenvalue weighted by Gasteiger charge is -2.57. The molecule has 0 saturated carbocycles. The summed E-state index contributed by atoms with van der Waals surface area (Å²) in [6.45, 7) is 0. The Morgan fingerprint density at radius 3 is 2.12 bits per heavy atom. The zero-order valence-electron chi connectivity index (χ0n) is 9.44. The SMILES string of the molecule is COC1(OC)C=C2C=CC21c1ccccc1. The van der Waals surface area contributed by atoms with E-state index in [1.165, 1.54) is 11.1 Å². The molecule has 0 fully saturated rings. The van der Waals surface area contributed by atoms with Crippen molar-refractivity contribution in [2.45, 2.75) is 11.2 Å². The first-order valence-corrected chi connectivity index (χ1v) is 5.37. The third kappa shape index (κ3) is 0.856. The second-order valence-electron chi connectivity index (χ2n) is 4.18. The van der Waals surface area contributed by atoms with Crippen LogP contribution < -0.4 is 0 Å². The predicted molar refractivity (Wildman–Crippen MR) is 62.1 cm³/mol. The van der Waals surface area contributed by atoms with Crippen molar-refractivity contribution < 1.29 is 9.47 Å². The van der Waals surface area contributed by atoms with E-state index in [0.29, 0.717) is 0 Å². The van der Waals surface area contributed by atoms with Crippen molar-refractivity contribution in [3.8, 4) is 0 Å². The Labute approximate surface area is 95.2 Å². The molecule has 2 aliphatic carbocycles. The molecule has 1 aromatic carbocycles. The zero-order chi connectivity index (χ0) is 11.2. The van der Waals surface area contributed by atoms with Crippen LogP contribution in [0.25, 0.3) is 0 Å². The van der Waals surface area contributed by atoms with E-state index in [1.807, 2.05) is 24.3 Å². The molecular formula is C14H14O2. The van der Waals surface area contributed by atoms with Gasteiger partial charge in [0.25, 0.3) is 0 Å². The van der Waals surface area contributed by atoms with Gasteiger partial charge < -0.3 is 9.47 Å². The van der Waals surface area contributed by atoms with Crippen LogP contribution >= 0.6 is 0 Å². The van der Waals surface area contributed by atoms with Crippen molar-refractivity contribution in [3.05, 3.63) is 59.7 Å². The lowest BCUT2D eigenvalue weighted by molar-refractivity contribution is -0.216. The molecule has 16 heavy (non-hydrogen) atoms. The van der Waals surface area contributed by atoms with Gasteiger partial charge in [-0.25, -0.2) is 0 Å². The molecule has 0 N–H and O–H groups in total. The first-order valence-electron chi connectivity index (χ1n) is 5.37. The number of hydrogen-bond acceptors (Lipinski definition) is 2. The molecular weight excluding hydrogens is 200 g/mol. The predicted octanol–water partition coefficient (Wildman–Crippen LogP) is 2.42. The number of fused-ring (bicyclic) bond motifs is 1. The normalized spacial score (nSPS) is 28.8. The molecule has 1 unspecified atom stereocenters. The maximum Gasteiger partial charge on any atom is 0.205 e. The topological polar surface area (TPSA) is 18.5 Å². The van der Waals surface area contributed by atoms with E-state index >= 15 is 0 Å². The van der Waals surface area contributed by atoms with Crippen LogP contribution in [0.5, 0.6) is 0 Å². The number of ether oxygens (including phenoxy) is 2. The Kier molecular flexibility index (Phi) is 1.88. The largest absolute Gasteiger partial charge is 0.348 e. The molecule has 2 aliphatic rings. The van der Waals surface area contributed by atoms with Crippen LogP contribution in [-0.2, 0) is 14.9 Å². The molecule has 1 atom stereocenters. The van der Waals surface area contributed by atoms with Crippen molar-refractivity contribution >= 4 is 0 Å². The average molecular weight is 214 g/mol. The monoisotopic (exact) mass is 214 g/mol. The smallest absolute Gasteiger partial charge is 0.205 e. The minimum Gasteiger partial charge on any atom is -0.348 e. The van der Waals surface area contributed by atoms with E-state index in [4.69, 9.17) is 9.47 Å². The minimum absolute atomic E-state index is 0.197. The zero-order valence-corrected chi connectivity index (χ0v) is 9.44. The first kappa shape index (κ1) is 9.82. The van der Waals surface area contributed by atoms with Crippen LogP contribution in [0.3, 0.4) is 0 Å². The summed E-state index contributed by atoms with van der Waals surface area (Å²) >= 11 is 0. The first-order chi connectivity index (χ1) is 7.79. The molecule has 0 amide bonds. The van der Waals surface area contributed by atoms with E-state index in [9.17, 15) is 0 Å².